The first-order chi connectivity index (χ1) is 5.85. The van der Waals surface area contributed by atoms with E-state index in [9.17, 15) is 0 Å². The molecule has 4 heteroatoms. The predicted octanol–water partition coefficient (Wildman–Crippen LogP) is 1.65. The first-order valence-electron chi connectivity index (χ1n) is 4.36. The summed E-state index contributed by atoms with van der Waals surface area (Å²) in [6.45, 7) is 1.44. The highest BCUT2D eigenvalue weighted by molar-refractivity contribution is 9.09. The predicted molar refractivity (Wildman–Crippen MR) is 47.2 cm³/mol. The second kappa shape index (κ2) is 3.62. The van der Waals surface area contributed by atoms with E-state index < -0.39 is 5.97 Å². The topological polar surface area (TPSA) is 27.7 Å². The SMILES string of the molecule is BrCCC1COC2(CCCO2)O1. The molecular formula is C8H13BrO3. The van der Waals surface area contributed by atoms with Crippen LogP contribution in [0, 0.1) is 0 Å². The van der Waals surface area contributed by atoms with Crippen LogP contribution < -0.4 is 0 Å². The Labute approximate surface area is 80.5 Å². The Morgan fingerprint density at radius 3 is 3.00 bits per heavy atom. The van der Waals surface area contributed by atoms with Gasteiger partial charge in [0.1, 0.15) is 0 Å². The molecule has 2 rings (SSSR count). The van der Waals surface area contributed by atoms with Gasteiger partial charge in [-0.3, -0.25) is 0 Å². The number of hydrogen-bond acceptors (Lipinski definition) is 3. The van der Waals surface area contributed by atoms with E-state index >= 15 is 0 Å². The summed E-state index contributed by atoms with van der Waals surface area (Å²) in [5, 5.41) is 0.955. The molecule has 2 saturated heterocycles. The summed E-state index contributed by atoms with van der Waals surface area (Å²) >= 11 is 3.38. The molecule has 0 radical (unpaired) electrons. The molecule has 70 valence electrons. The minimum Gasteiger partial charge on any atom is -0.327 e. The zero-order valence-electron chi connectivity index (χ0n) is 6.92. The van der Waals surface area contributed by atoms with E-state index in [4.69, 9.17) is 14.2 Å². The maximum Gasteiger partial charge on any atom is 0.283 e. The highest BCUT2D eigenvalue weighted by Gasteiger charge is 2.45. The van der Waals surface area contributed by atoms with E-state index in [0.717, 1.165) is 31.2 Å². The van der Waals surface area contributed by atoms with Crippen LogP contribution in [-0.4, -0.2) is 30.6 Å². The summed E-state index contributed by atoms with van der Waals surface area (Å²) in [5.74, 6) is -0.660. The lowest BCUT2D eigenvalue weighted by atomic mass is 10.3. The van der Waals surface area contributed by atoms with E-state index in [0.29, 0.717) is 6.61 Å². The summed E-state index contributed by atoms with van der Waals surface area (Å²) in [7, 11) is 0. The van der Waals surface area contributed by atoms with Crippen LogP contribution in [0.2, 0.25) is 0 Å². The van der Waals surface area contributed by atoms with Crippen LogP contribution in [0.25, 0.3) is 0 Å². The maximum absolute atomic E-state index is 5.68. The zero-order valence-corrected chi connectivity index (χ0v) is 8.51. The van der Waals surface area contributed by atoms with Crippen LogP contribution in [0.3, 0.4) is 0 Å². The van der Waals surface area contributed by atoms with Gasteiger partial charge in [0.05, 0.1) is 19.3 Å². The Hall–Kier alpha value is 0.360. The van der Waals surface area contributed by atoms with Crippen molar-refractivity contribution >= 4 is 15.9 Å². The Bertz CT molecular complexity index is 156. The van der Waals surface area contributed by atoms with Gasteiger partial charge in [0.15, 0.2) is 0 Å². The molecule has 0 saturated carbocycles. The largest absolute Gasteiger partial charge is 0.327 e. The third kappa shape index (κ3) is 1.66. The van der Waals surface area contributed by atoms with Crippen molar-refractivity contribution in [3.63, 3.8) is 0 Å². The molecule has 2 fully saturated rings. The summed E-state index contributed by atoms with van der Waals surface area (Å²) in [5.41, 5.74) is 0. The molecule has 0 aromatic carbocycles. The Balaban J connectivity index is 1.88. The summed E-state index contributed by atoms with van der Waals surface area (Å²) in [6, 6.07) is 0. The van der Waals surface area contributed by atoms with E-state index in [1.54, 1.807) is 0 Å². The van der Waals surface area contributed by atoms with Crippen molar-refractivity contribution in [1.29, 1.82) is 0 Å². The fourth-order valence-electron chi connectivity index (χ4n) is 1.60. The number of rotatable bonds is 2. The lowest BCUT2D eigenvalue weighted by Crippen LogP contribution is -2.29. The highest BCUT2D eigenvalue weighted by atomic mass is 79.9. The molecule has 0 N–H and O–H groups in total. The minimum absolute atomic E-state index is 0.211. The standard InChI is InChI=1S/C8H13BrO3/c9-4-2-7-6-11-8(12-7)3-1-5-10-8/h7H,1-6H2. The van der Waals surface area contributed by atoms with E-state index in [1.807, 2.05) is 0 Å². The number of alkyl halides is 1. The van der Waals surface area contributed by atoms with Gasteiger partial charge in [-0.05, 0) is 12.8 Å². The van der Waals surface area contributed by atoms with Crippen molar-refractivity contribution in [3.05, 3.63) is 0 Å². The van der Waals surface area contributed by atoms with Crippen molar-refractivity contribution in [2.75, 3.05) is 18.5 Å². The summed E-state index contributed by atoms with van der Waals surface area (Å²) < 4.78 is 16.6. The van der Waals surface area contributed by atoms with Crippen LogP contribution >= 0.6 is 15.9 Å². The fraction of sp³-hybridized carbons (Fsp3) is 1.00. The molecule has 0 aromatic rings. The Morgan fingerprint density at radius 1 is 1.42 bits per heavy atom. The summed E-state index contributed by atoms with van der Waals surface area (Å²) in [6.07, 6.45) is 3.13. The van der Waals surface area contributed by atoms with Crippen molar-refractivity contribution in [2.24, 2.45) is 0 Å². The molecule has 0 bridgehead atoms. The van der Waals surface area contributed by atoms with Crippen LogP contribution in [0.5, 0.6) is 0 Å². The van der Waals surface area contributed by atoms with Crippen LogP contribution in [-0.2, 0) is 14.2 Å². The molecule has 0 aromatic heterocycles. The highest BCUT2D eigenvalue weighted by Crippen LogP contribution is 2.35. The molecule has 2 unspecified atom stereocenters. The molecular weight excluding hydrogens is 224 g/mol. The molecule has 0 aliphatic carbocycles. The second-order valence-electron chi connectivity index (χ2n) is 3.16. The van der Waals surface area contributed by atoms with Gasteiger partial charge in [-0.2, -0.15) is 0 Å². The van der Waals surface area contributed by atoms with Gasteiger partial charge < -0.3 is 14.2 Å². The molecule has 12 heavy (non-hydrogen) atoms. The normalized spacial score (nSPS) is 41.2. The number of halogens is 1. The monoisotopic (exact) mass is 236 g/mol. The van der Waals surface area contributed by atoms with Gasteiger partial charge in [-0.25, -0.2) is 0 Å². The zero-order chi connectivity index (χ0) is 8.44. The fourth-order valence-corrected chi connectivity index (χ4v) is 2.11. The molecule has 2 heterocycles. The first-order valence-corrected chi connectivity index (χ1v) is 5.48. The third-order valence-corrected chi connectivity index (χ3v) is 2.67. The lowest BCUT2D eigenvalue weighted by Gasteiger charge is -2.20. The molecule has 3 nitrogen and oxygen atoms in total. The van der Waals surface area contributed by atoms with Gasteiger partial charge in [0, 0.05) is 11.8 Å². The number of ether oxygens (including phenoxy) is 3. The van der Waals surface area contributed by atoms with E-state index in [1.165, 1.54) is 0 Å². The van der Waals surface area contributed by atoms with Crippen LogP contribution in [0.4, 0.5) is 0 Å². The first kappa shape index (κ1) is 8.94. The maximum atomic E-state index is 5.68. The van der Waals surface area contributed by atoms with Crippen molar-refractivity contribution < 1.29 is 14.2 Å². The minimum atomic E-state index is -0.660. The molecule has 2 aliphatic rings. The Kier molecular flexibility index (Phi) is 2.69. The quantitative estimate of drug-likeness (QED) is 0.683. The smallest absolute Gasteiger partial charge is 0.283 e. The van der Waals surface area contributed by atoms with Crippen LogP contribution in [0.15, 0.2) is 0 Å². The van der Waals surface area contributed by atoms with E-state index in [2.05, 4.69) is 15.9 Å². The lowest BCUT2D eigenvalue weighted by molar-refractivity contribution is -0.313. The second-order valence-corrected chi connectivity index (χ2v) is 3.96. The average Bonchev–Trinajstić information content (AvgIpc) is 2.65. The molecule has 0 amide bonds. The van der Waals surface area contributed by atoms with Crippen LogP contribution in [0.1, 0.15) is 19.3 Å². The van der Waals surface area contributed by atoms with Gasteiger partial charge in [-0.1, -0.05) is 15.9 Å². The van der Waals surface area contributed by atoms with E-state index in [-0.39, 0.29) is 6.10 Å². The average molecular weight is 237 g/mol. The van der Waals surface area contributed by atoms with Gasteiger partial charge in [0.25, 0.3) is 5.97 Å². The number of hydrogen-bond donors (Lipinski definition) is 0. The van der Waals surface area contributed by atoms with Gasteiger partial charge >= 0.3 is 0 Å². The summed E-state index contributed by atoms with van der Waals surface area (Å²) in [4.78, 5) is 0. The molecule has 1 spiro atoms. The van der Waals surface area contributed by atoms with Gasteiger partial charge in [0.2, 0.25) is 0 Å². The Morgan fingerprint density at radius 2 is 2.33 bits per heavy atom. The van der Waals surface area contributed by atoms with Crippen molar-refractivity contribution in [3.8, 4) is 0 Å². The third-order valence-electron chi connectivity index (χ3n) is 2.22. The molecule has 2 aliphatic heterocycles. The van der Waals surface area contributed by atoms with Crippen molar-refractivity contribution in [1.82, 2.24) is 0 Å². The van der Waals surface area contributed by atoms with Gasteiger partial charge in [-0.15, -0.1) is 0 Å². The van der Waals surface area contributed by atoms with Crippen molar-refractivity contribution in [2.45, 2.75) is 31.3 Å². The molecule has 2 atom stereocenters.